The van der Waals surface area contributed by atoms with Gasteiger partial charge in [0.15, 0.2) is 6.10 Å². The van der Waals surface area contributed by atoms with Crippen LogP contribution in [-0.4, -0.2) is 37.2 Å². The molecule has 6 nitrogen and oxygen atoms in total. The summed E-state index contributed by atoms with van der Waals surface area (Å²) in [5, 5.41) is 0. The van der Waals surface area contributed by atoms with Crippen LogP contribution in [0, 0.1) is 0 Å². The summed E-state index contributed by atoms with van der Waals surface area (Å²) >= 11 is 0. The maximum Gasteiger partial charge on any atom is 0.306 e. The molecule has 418 valence electrons. The Labute approximate surface area is 447 Å². The molecule has 0 spiro atoms. The van der Waals surface area contributed by atoms with Crippen LogP contribution in [0.5, 0.6) is 0 Å². The van der Waals surface area contributed by atoms with Crippen LogP contribution < -0.4 is 0 Å². The summed E-state index contributed by atoms with van der Waals surface area (Å²) in [7, 11) is 0. The van der Waals surface area contributed by atoms with Crippen molar-refractivity contribution in [2.75, 3.05) is 13.2 Å². The fraction of sp³-hybridized carbons (Fsp3) is 0.803. The third-order valence-electron chi connectivity index (χ3n) is 13.7. The molecule has 0 radical (unpaired) electrons. The zero-order valence-corrected chi connectivity index (χ0v) is 47.9. The first-order valence-electron chi connectivity index (χ1n) is 31.3. The second-order valence-electron chi connectivity index (χ2n) is 21.0. The summed E-state index contributed by atoms with van der Waals surface area (Å²) < 4.78 is 16.9. The Hall–Kier alpha value is -2.89. The molecule has 0 saturated carbocycles. The van der Waals surface area contributed by atoms with Gasteiger partial charge in [-0.3, -0.25) is 14.4 Å². The van der Waals surface area contributed by atoms with E-state index in [-0.39, 0.29) is 31.1 Å². The first-order valence-corrected chi connectivity index (χ1v) is 31.3. The average molecular weight is 1010 g/mol. The molecule has 0 bridgehead atoms. The molecule has 0 aromatic heterocycles. The van der Waals surface area contributed by atoms with Gasteiger partial charge in [0, 0.05) is 19.3 Å². The van der Waals surface area contributed by atoms with Gasteiger partial charge in [0.25, 0.3) is 0 Å². The molecular weight excluding hydrogens is 889 g/mol. The molecule has 1 atom stereocenters. The lowest BCUT2D eigenvalue weighted by atomic mass is 10.0. The number of hydrogen-bond donors (Lipinski definition) is 0. The Morgan fingerprint density at radius 1 is 0.278 bits per heavy atom. The van der Waals surface area contributed by atoms with E-state index in [1.165, 1.54) is 186 Å². The zero-order chi connectivity index (χ0) is 52.2. The fourth-order valence-corrected chi connectivity index (χ4v) is 9.01. The van der Waals surface area contributed by atoms with Crippen molar-refractivity contribution in [1.82, 2.24) is 0 Å². The van der Waals surface area contributed by atoms with Gasteiger partial charge in [-0.1, -0.05) is 274 Å². The van der Waals surface area contributed by atoms with Gasteiger partial charge in [-0.05, 0) is 89.9 Å². The standard InChI is InChI=1S/C66H118O6/c1-4-7-10-13-16-19-22-25-27-29-30-31-32-33-34-35-36-37-39-41-44-47-50-53-56-59-65(68)71-62-63(61-70-64(67)58-55-52-49-46-43-40-24-21-18-15-12-9-6-3)72-66(69)60-57-54-51-48-45-42-38-28-26-23-20-17-14-11-8-5-2/h20,22-23,25,28-30,32-33,38,63H,4-19,21,24,26-27,31,34-37,39-62H2,1-3H3/b23-20-,25-22-,30-29-,33-32-,38-28-. The van der Waals surface area contributed by atoms with Crippen molar-refractivity contribution >= 4 is 17.9 Å². The molecule has 0 heterocycles. The Balaban J connectivity index is 4.30. The minimum Gasteiger partial charge on any atom is -0.462 e. The van der Waals surface area contributed by atoms with Crippen LogP contribution in [0.1, 0.15) is 323 Å². The summed E-state index contributed by atoms with van der Waals surface area (Å²) in [5.74, 6) is -0.881. The molecule has 0 amide bonds. The average Bonchev–Trinajstić information content (AvgIpc) is 3.38. The van der Waals surface area contributed by atoms with E-state index in [0.717, 1.165) is 96.3 Å². The van der Waals surface area contributed by atoms with Gasteiger partial charge in [-0.2, -0.15) is 0 Å². The van der Waals surface area contributed by atoms with E-state index < -0.39 is 6.10 Å². The van der Waals surface area contributed by atoms with Crippen LogP contribution in [0.2, 0.25) is 0 Å². The van der Waals surface area contributed by atoms with Gasteiger partial charge >= 0.3 is 17.9 Å². The molecule has 0 fully saturated rings. The van der Waals surface area contributed by atoms with E-state index in [2.05, 4.69) is 81.5 Å². The van der Waals surface area contributed by atoms with Crippen molar-refractivity contribution in [3.63, 3.8) is 0 Å². The van der Waals surface area contributed by atoms with Gasteiger partial charge in [0.1, 0.15) is 13.2 Å². The van der Waals surface area contributed by atoms with Crippen LogP contribution >= 0.6 is 0 Å². The van der Waals surface area contributed by atoms with Crippen molar-refractivity contribution in [1.29, 1.82) is 0 Å². The molecule has 0 N–H and O–H groups in total. The molecule has 72 heavy (non-hydrogen) atoms. The Kier molecular flexibility index (Phi) is 58.2. The number of carbonyl (C=O) groups is 3. The van der Waals surface area contributed by atoms with Gasteiger partial charge in [-0.15, -0.1) is 0 Å². The number of rotatable bonds is 57. The highest BCUT2D eigenvalue weighted by Crippen LogP contribution is 2.16. The molecule has 0 aliphatic rings. The summed E-state index contributed by atoms with van der Waals surface area (Å²) in [5.41, 5.74) is 0. The molecule has 0 aliphatic carbocycles. The lowest BCUT2D eigenvalue weighted by molar-refractivity contribution is -0.167. The molecule has 0 aromatic carbocycles. The number of carbonyl (C=O) groups excluding carboxylic acids is 3. The van der Waals surface area contributed by atoms with E-state index in [1.807, 2.05) is 0 Å². The van der Waals surface area contributed by atoms with Crippen molar-refractivity contribution in [2.45, 2.75) is 329 Å². The molecule has 6 heteroatoms. The minimum atomic E-state index is -0.782. The predicted octanol–water partition coefficient (Wildman–Crippen LogP) is 21.2. The maximum atomic E-state index is 12.9. The summed E-state index contributed by atoms with van der Waals surface area (Å²) in [6.45, 7) is 6.63. The third kappa shape index (κ3) is 58.0. The molecule has 1 unspecified atom stereocenters. The van der Waals surface area contributed by atoms with E-state index in [4.69, 9.17) is 14.2 Å². The number of ether oxygens (including phenoxy) is 3. The highest BCUT2D eigenvalue weighted by molar-refractivity contribution is 5.71. The van der Waals surface area contributed by atoms with Crippen LogP contribution in [0.15, 0.2) is 60.8 Å². The number of hydrogen-bond acceptors (Lipinski definition) is 6. The normalized spacial score (nSPS) is 12.4. The number of esters is 3. The number of allylic oxidation sites excluding steroid dienone is 10. The molecule has 0 aromatic rings. The molecule has 0 saturated heterocycles. The van der Waals surface area contributed by atoms with Crippen LogP contribution in [0.3, 0.4) is 0 Å². The quantitative estimate of drug-likeness (QED) is 0.0261. The maximum absolute atomic E-state index is 12.9. The molecule has 0 rings (SSSR count). The lowest BCUT2D eigenvalue weighted by Gasteiger charge is -2.18. The molecule has 0 aliphatic heterocycles. The first-order chi connectivity index (χ1) is 35.5. The van der Waals surface area contributed by atoms with Crippen molar-refractivity contribution < 1.29 is 28.6 Å². The highest BCUT2D eigenvalue weighted by Gasteiger charge is 2.19. The van der Waals surface area contributed by atoms with Crippen molar-refractivity contribution in [3.05, 3.63) is 60.8 Å². The number of unbranched alkanes of at least 4 members (excludes halogenated alkanes) is 36. The second kappa shape index (κ2) is 60.7. The van der Waals surface area contributed by atoms with Gasteiger partial charge in [-0.25, -0.2) is 0 Å². The van der Waals surface area contributed by atoms with Gasteiger partial charge < -0.3 is 14.2 Å². The minimum absolute atomic E-state index is 0.0781. The van der Waals surface area contributed by atoms with E-state index >= 15 is 0 Å². The van der Waals surface area contributed by atoms with E-state index in [9.17, 15) is 14.4 Å². The smallest absolute Gasteiger partial charge is 0.306 e. The third-order valence-corrected chi connectivity index (χ3v) is 13.7. The van der Waals surface area contributed by atoms with Crippen molar-refractivity contribution in [3.8, 4) is 0 Å². The topological polar surface area (TPSA) is 78.9 Å². The van der Waals surface area contributed by atoms with E-state index in [1.54, 1.807) is 0 Å². The van der Waals surface area contributed by atoms with E-state index in [0.29, 0.717) is 19.3 Å². The second-order valence-corrected chi connectivity index (χ2v) is 21.0. The van der Waals surface area contributed by atoms with Crippen LogP contribution in [0.25, 0.3) is 0 Å². The zero-order valence-electron chi connectivity index (χ0n) is 47.9. The highest BCUT2D eigenvalue weighted by atomic mass is 16.6. The summed E-state index contributed by atoms with van der Waals surface area (Å²) in [6, 6.07) is 0. The summed E-state index contributed by atoms with van der Waals surface area (Å²) in [4.78, 5) is 38.2. The fourth-order valence-electron chi connectivity index (χ4n) is 9.01. The lowest BCUT2D eigenvalue weighted by Crippen LogP contribution is -2.30. The SMILES string of the molecule is CCCCCC/C=C\C/C=C\CCCCCCCC(=O)OC(COC(=O)CCCCCCCCCCCC/C=C\C/C=C\C/C=C\CCCCCCC)COC(=O)CCCCCCCCCCCCCCC. The summed E-state index contributed by atoms with van der Waals surface area (Å²) in [6.07, 6.45) is 76.5. The van der Waals surface area contributed by atoms with Crippen LogP contribution in [0.4, 0.5) is 0 Å². The van der Waals surface area contributed by atoms with Crippen LogP contribution in [-0.2, 0) is 28.6 Å². The van der Waals surface area contributed by atoms with Gasteiger partial charge in [0.2, 0.25) is 0 Å². The Bertz CT molecular complexity index is 1290. The molecular formula is C66H118O6. The Morgan fingerprint density at radius 3 is 0.792 bits per heavy atom. The largest absolute Gasteiger partial charge is 0.462 e. The first kappa shape index (κ1) is 69.1. The van der Waals surface area contributed by atoms with Gasteiger partial charge in [0.05, 0.1) is 0 Å². The van der Waals surface area contributed by atoms with Crippen molar-refractivity contribution in [2.24, 2.45) is 0 Å². The predicted molar refractivity (Wildman–Crippen MR) is 312 cm³/mol. The monoisotopic (exact) mass is 1010 g/mol. The Morgan fingerprint density at radius 2 is 0.500 bits per heavy atom.